The van der Waals surface area contributed by atoms with Crippen LogP contribution in [0.4, 0.5) is 0 Å². The summed E-state index contributed by atoms with van der Waals surface area (Å²) in [5.41, 5.74) is 4.29. The number of ether oxygens (including phenoxy) is 1. The first-order chi connectivity index (χ1) is 7.94. The zero-order valence-electron chi connectivity index (χ0n) is 9.20. The summed E-state index contributed by atoms with van der Waals surface area (Å²) >= 11 is 0. The fraction of sp³-hybridized carbons (Fsp3) is 0.636. The third-order valence-corrected chi connectivity index (χ3v) is 3.81. The standard InChI is InChI=1S/C11H15NO5/c1-2-3-17-6-4-5-7(9(13)14)8(5)11(6,12)10(15)16/h2,5-8H,1,3-4,12H2,(H,13,14)(H,15,16)/t5-,6+,7-,8-,11-/m0/s1. The highest BCUT2D eigenvalue weighted by Crippen LogP contribution is 2.62. The van der Waals surface area contributed by atoms with Gasteiger partial charge in [-0.15, -0.1) is 6.58 Å². The zero-order chi connectivity index (χ0) is 12.8. The predicted molar refractivity (Wildman–Crippen MR) is 57.2 cm³/mol. The molecule has 0 bridgehead atoms. The lowest BCUT2D eigenvalue weighted by molar-refractivity contribution is -0.151. The zero-order valence-corrected chi connectivity index (χ0v) is 9.20. The van der Waals surface area contributed by atoms with E-state index in [0.29, 0.717) is 6.42 Å². The Labute approximate surface area is 98.1 Å². The Balaban J connectivity index is 2.17. The van der Waals surface area contributed by atoms with Crippen LogP contribution < -0.4 is 5.73 Å². The van der Waals surface area contributed by atoms with Gasteiger partial charge >= 0.3 is 11.9 Å². The Morgan fingerprint density at radius 3 is 2.65 bits per heavy atom. The van der Waals surface area contributed by atoms with Crippen LogP contribution in [0.1, 0.15) is 6.42 Å². The molecule has 2 fully saturated rings. The van der Waals surface area contributed by atoms with Crippen molar-refractivity contribution in [2.24, 2.45) is 23.5 Å². The number of aliphatic carboxylic acids is 2. The summed E-state index contributed by atoms with van der Waals surface area (Å²) in [5.74, 6) is -3.50. The third-order valence-electron chi connectivity index (χ3n) is 3.81. The Bertz CT molecular complexity index is 382. The molecule has 0 amide bonds. The number of fused-ring (bicyclic) bond motifs is 1. The highest BCUT2D eigenvalue weighted by atomic mass is 16.5. The maximum atomic E-state index is 11.3. The van der Waals surface area contributed by atoms with Gasteiger partial charge in [0.05, 0.1) is 18.6 Å². The summed E-state index contributed by atoms with van der Waals surface area (Å²) in [6, 6.07) is 0. The molecule has 0 radical (unpaired) electrons. The number of hydrogen-bond acceptors (Lipinski definition) is 4. The van der Waals surface area contributed by atoms with Crippen LogP contribution in [0.25, 0.3) is 0 Å². The van der Waals surface area contributed by atoms with E-state index in [4.69, 9.17) is 15.6 Å². The molecule has 0 unspecified atom stereocenters. The molecule has 2 saturated carbocycles. The van der Waals surface area contributed by atoms with Gasteiger partial charge in [-0.25, -0.2) is 0 Å². The number of nitrogens with two attached hydrogens (primary N) is 1. The fourth-order valence-electron chi connectivity index (χ4n) is 2.98. The van der Waals surface area contributed by atoms with Gasteiger partial charge in [-0.05, 0) is 12.3 Å². The van der Waals surface area contributed by atoms with Crippen molar-refractivity contribution in [2.45, 2.75) is 18.1 Å². The Morgan fingerprint density at radius 1 is 1.53 bits per heavy atom. The average molecular weight is 241 g/mol. The van der Waals surface area contributed by atoms with E-state index < -0.39 is 35.4 Å². The molecule has 0 aromatic rings. The first-order valence-corrected chi connectivity index (χ1v) is 5.42. The Hall–Kier alpha value is -1.40. The van der Waals surface area contributed by atoms with E-state index in [2.05, 4.69) is 6.58 Å². The van der Waals surface area contributed by atoms with Gasteiger partial charge in [0.15, 0.2) is 0 Å². The van der Waals surface area contributed by atoms with Crippen LogP contribution in [0.15, 0.2) is 12.7 Å². The third kappa shape index (κ3) is 1.56. The van der Waals surface area contributed by atoms with Crippen molar-refractivity contribution in [3.8, 4) is 0 Å². The van der Waals surface area contributed by atoms with E-state index in [0.717, 1.165) is 0 Å². The summed E-state index contributed by atoms with van der Waals surface area (Å²) in [6.07, 6.45) is 1.27. The van der Waals surface area contributed by atoms with Gasteiger partial charge in [0.2, 0.25) is 0 Å². The van der Waals surface area contributed by atoms with E-state index >= 15 is 0 Å². The summed E-state index contributed by atoms with van der Waals surface area (Å²) in [5, 5.41) is 18.1. The number of rotatable bonds is 5. The second-order valence-corrected chi connectivity index (χ2v) is 4.64. The molecule has 2 rings (SSSR count). The number of carbonyl (C=O) groups is 2. The molecular formula is C11H15NO5. The van der Waals surface area contributed by atoms with Crippen molar-refractivity contribution in [1.29, 1.82) is 0 Å². The van der Waals surface area contributed by atoms with Crippen LogP contribution in [0, 0.1) is 17.8 Å². The van der Waals surface area contributed by atoms with Gasteiger partial charge in [0, 0.05) is 5.92 Å². The molecule has 0 heterocycles. The summed E-state index contributed by atoms with van der Waals surface area (Å²) < 4.78 is 5.34. The molecule has 6 heteroatoms. The topological polar surface area (TPSA) is 110 Å². The minimum Gasteiger partial charge on any atom is -0.481 e. The molecule has 5 atom stereocenters. The van der Waals surface area contributed by atoms with Crippen molar-refractivity contribution in [2.75, 3.05) is 6.61 Å². The fourth-order valence-corrected chi connectivity index (χ4v) is 2.98. The molecule has 0 aromatic heterocycles. The second kappa shape index (κ2) is 3.82. The average Bonchev–Trinajstić information content (AvgIpc) is 2.90. The minimum absolute atomic E-state index is 0.177. The van der Waals surface area contributed by atoms with Crippen molar-refractivity contribution < 1.29 is 24.5 Å². The van der Waals surface area contributed by atoms with Crippen molar-refractivity contribution in [1.82, 2.24) is 0 Å². The van der Waals surface area contributed by atoms with E-state index in [-0.39, 0.29) is 12.5 Å². The smallest absolute Gasteiger partial charge is 0.326 e. The summed E-state index contributed by atoms with van der Waals surface area (Å²) in [4.78, 5) is 22.2. The van der Waals surface area contributed by atoms with Crippen LogP contribution in [-0.2, 0) is 14.3 Å². The molecule has 6 nitrogen and oxygen atoms in total. The largest absolute Gasteiger partial charge is 0.481 e. The van der Waals surface area contributed by atoms with Crippen molar-refractivity contribution in [3.05, 3.63) is 12.7 Å². The highest BCUT2D eigenvalue weighted by molar-refractivity contribution is 5.86. The summed E-state index contributed by atoms with van der Waals surface area (Å²) in [6.45, 7) is 3.70. The lowest BCUT2D eigenvalue weighted by atomic mass is 9.89. The minimum atomic E-state index is -1.59. The Morgan fingerprint density at radius 2 is 2.18 bits per heavy atom. The van der Waals surface area contributed by atoms with Crippen molar-refractivity contribution in [3.63, 3.8) is 0 Å². The lowest BCUT2D eigenvalue weighted by Crippen LogP contribution is -2.58. The highest BCUT2D eigenvalue weighted by Gasteiger charge is 2.74. The van der Waals surface area contributed by atoms with Gasteiger partial charge in [0.25, 0.3) is 0 Å². The molecule has 94 valence electrons. The number of carboxylic acid groups (broad SMARTS) is 2. The predicted octanol–water partition coefficient (Wildman–Crippen LogP) is -0.310. The normalized spacial score (nSPS) is 42.9. The molecule has 0 spiro atoms. The van der Waals surface area contributed by atoms with Crippen molar-refractivity contribution >= 4 is 11.9 Å². The van der Waals surface area contributed by atoms with Crippen LogP contribution in [0.2, 0.25) is 0 Å². The first-order valence-electron chi connectivity index (χ1n) is 5.42. The van der Waals surface area contributed by atoms with Gasteiger partial charge in [-0.1, -0.05) is 6.08 Å². The molecular weight excluding hydrogens is 226 g/mol. The van der Waals surface area contributed by atoms with E-state index in [1.807, 2.05) is 0 Å². The van der Waals surface area contributed by atoms with Gasteiger partial charge in [-0.2, -0.15) is 0 Å². The quantitative estimate of drug-likeness (QED) is 0.569. The molecule has 0 aliphatic heterocycles. The molecule has 4 N–H and O–H groups in total. The molecule has 2 aliphatic carbocycles. The molecule has 0 saturated heterocycles. The van der Waals surface area contributed by atoms with Crippen LogP contribution in [-0.4, -0.2) is 40.4 Å². The SMILES string of the molecule is C=CCO[C@@H]1C[C@H]2[C@H](C(=O)O)[C@H]2[C@]1(N)C(=O)O. The van der Waals surface area contributed by atoms with E-state index in [1.165, 1.54) is 6.08 Å². The number of carboxylic acids is 2. The summed E-state index contributed by atoms with van der Waals surface area (Å²) in [7, 11) is 0. The van der Waals surface area contributed by atoms with Crippen LogP contribution in [0.3, 0.4) is 0 Å². The lowest BCUT2D eigenvalue weighted by Gasteiger charge is -2.30. The van der Waals surface area contributed by atoms with E-state index in [1.54, 1.807) is 0 Å². The van der Waals surface area contributed by atoms with Crippen LogP contribution in [0.5, 0.6) is 0 Å². The van der Waals surface area contributed by atoms with Gasteiger partial charge < -0.3 is 20.7 Å². The second-order valence-electron chi connectivity index (χ2n) is 4.64. The Kier molecular flexibility index (Phi) is 2.71. The van der Waals surface area contributed by atoms with E-state index in [9.17, 15) is 14.7 Å². The monoisotopic (exact) mass is 241 g/mol. The first kappa shape index (κ1) is 12.1. The maximum Gasteiger partial charge on any atom is 0.326 e. The van der Waals surface area contributed by atoms with Gasteiger partial charge in [0.1, 0.15) is 5.54 Å². The van der Waals surface area contributed by atoms with Gasteiger partial charge in [-0.3, -0.25) is 9.59 Å². The molecule has 2 aliphatic rings. The number of hydrogen-bond donors (Lipinski definition) is 3. The maximum absolute atomic E-state index is 11.3. The molecule has 0 aromatic carbocycles. The molecule has 17 heavy (non-hydrogen) atoms. The van der Waals surface area contributed by atoms with Crippen LogP contribution >= 0.6 is 0 Å².